The highest BCUT2D eigenvalue weighted by molar-refractivity contribution is 6.99. The van der Waals surface area contributed by atoms with E-state index in [4.69, 9.17) is 4.74 Å². The first kappa shape index (κ1) is 22.9. The van der Waals surface area contributed by atoms with Crippen LogP contribution in [0.25, 0.3) is 0 Å². The number of nitrogens with one attached hydrogen (secondary N) is 1. The molecule has 1 atom stereocenters. The predicted octanol–water partition coefficient (Wildman–Crippen LogP) is 4.77. The molecule has 0 saturated heterocycles. The molecule has 1 saturated carbocycles. The van der Waals surface area contributed by atoms with Gasteiger partial charge in [0, 0.05) is 11.7 Å². The molecule has 2 aromatic carbocycles. The molecule has 1 aliphatic carbocycles. The van der Waals surface area contributed by atoms with Crippen LogP contribution >= 0.6 is 11.7 Å². The summed E-state index contributed by atoms with van der Waals surface area (Å²) >= 11 is 0.966. The van der Waals surface area contributed by atoms with Gasteiger partial charge in [0.15, 0.2) is 5.69 Å². The number of carbonyl (C=O) groups is 2. The van der Waals surface area contributed by atoms with Gasteiger partial charge in [-0.05, 0) is 49.6 Å². The molecule has 0 radical (unpaired) electrons. The molecule has 1 N–H and O–H groups in total. The molecule has 2 amide bonds. The number of anilines is 1. The molecule has 0 bridgehead atoms. The number of ether oxygens (including phenoxy) is 1. The lowest BCUT2D eigenvalue weighted by Gasteiger charge is -2.33. The van der Waals surface area contributed by atoms with Crippen molar-refractivity contribution in [3.8, 4) is 5.75 Å². The van der Waals surface area contributed by atoms with Crippen molar-refractivity contribution in [2.75, 3.05) is 11.5 Å². The number of aromatic nitrogens is 2. The maximum Gasteiger partial charge on any atom is 0.280 e. The highest BCUT2D eigenvalue weighted by Gasteiger charge is 2.35. The van der Waals surface area contributed by atoms with Crippen LogP contribution < -0.4 is 15.0 Å². The quantitative estimate of drug-likeness (QED) is 0.519. The monoisotopic (exact) mass is 464 g/mol. The molecule has 8 heteroatoms. The zero-order valence-corrected chi connectivity index (χ0v) is 19.5. The normalized spacial score (nSPS) is 14.9. The second kappa shape index (κ2) is 11.0. The second-order valence-electron chi connectivity index (χ2n) is 8.05. The number of carbonyl (C=O) groups excluding carboxylic acids is 2. The molecule has 172 valence electrons. The Balaban J connectivity index is 1.74. The lowest BCUT2D eigenvalue weighted by Crippen LogP contribution is -2.47. The van der Waals surface area contributed by atoms with E-state index in [2.05, 4.69) is 14.1 Å². The Labute approximate surface area is 198 Å². The van der Waals surface area contributed by atoms with Gasteiger partial charge in [-0.3, -0.25) is 14.5 Å². The van der Waals surface area contributed by atoms with Gasteiger partial charge in [-0.1, -0.05) is 49.6 Å². The van der Waals surface area contributed by atoms with Crippen molar-refractivity contribution in [2.24, 2.45) is 0 Å². The molecule has 1 aromatic heterocycles. The van der Waals surface area contributed by atoms with Gasteiger partial charge < -0.3 is 10.1 Å². The maximum absolute atomic E-state index is 13.7. The molecule has 33 heavy (non-hydrogen) atoms. The summed E-state index contributed by atoms with van der Waals surface area (Å²) in [7, 11) is 0. The lowest BCUT2D eigenvalue weighted by atomic mass is 9.94. The number of hydrogen-bond donors (Lipinski definition) is 1. The van der Waals surface area contributed by atoms with E-state index in [0.29, 0.717) is 18.0 Å². The molecule has 0 unspecified atom stereocenters. The molecule has 1 fully saturated rings. The molecular weight excluding hydrogens is 436 g/mol. The largest absolute Gasteiger partial charge is 0.494 e. The summed E-state index contributed by atoms with van der Waals surface area (Å²) in [5.74, 6) is 0.131. The molecule has 1 aliphatic rings. The van der Waals surface area contributed by atoms with Crippen LogP contribution in [0.15, 0.2) is 60.8 Å². The summed E-state index contributed by atoms with van der Waals surface area (Å²) in [4.78, 5) is 28.9. The summed E-state index contributed by atoms with van der Waals surface area (Å²) in [5.41, 5.74) is 1.53. The maximum atomic E-state index is 13.7. The van der Waals surface area contributed by atoms with Crippen molar-refractivity contribution in [1.82, 2.24) is 14.1 Å². The fraction of sp³-hybridized carbons (Fsp3) is 0.360. The minimum atomic E-state index is -0.847. The molecule has 1 heterocycles. The van der Waals surface area contributed by atoms with Crippen LogP contribution in [-0.4, -0.2) is 33.2 Å². The zero-order valence-electron chi connectivity index (χ0n) is 18.6. The first-order valence-corrected chi connectivity index (χ1v) is 12.1. The van der Waals surface area contributed by atoms with E-state index in [1.54, 1.807) is 24.3 Å². The van der Waals surface area contributed by atoms with E-state index >= 15 is 0 Å². The van der Waals surface area contributed by atoms with Gasteiger partial charge in [0.2, 0.25) is 5.91 Å². The lowest BCUT2D eigenvalue weighted by molar-refractivity contribution is -0.123. The van der Waals surface area contributed by atoms with Crippen LogP contribution in [0.1, 0.15) is 61.1 Å². The van der Waals surface area contributed by atoms with E-state index in [0.717, 1.165) is 43.0 Å². The van der Waals surface area contributed by atoms with Crippen LogP contribution in [0.5, 0.6) is 5.75 Å². The fourth-order valence-corrected chi connectivity index (χ4v) is 4.62. The Morgan fingerprint density at radius 1 is 1.09 bits per heavy atom. The van der Waals surface area contributed by atoms with Gasteiger partial charge in [0.05, 0.1) is 24.5 Å². The van der Waals surface area contributed by atoms with Crippen LogP contribution in [0.4, 0.5) is 5.69 Å². The molecule has 0 spiro atoms. The average molecular weight is 465 g/mol. The number of rotatable bonds is 8. The SMILES string of the molecule is CCOc1ccc(N(C(=O)c2cnsn2)[C@H](C(=O)NC2CCCCC2)c2ccccc2)cc1. The Hall–Kier alpha value is -3.26. The Bertz CT molecular complexity index is 1040. The summed E-state index contributed by atoms with van der Waals surface area (Å²) in [5, 5.41) is 3.21. The number of hydrogen-bond acceptors (Lipinski definition) is 6. The minimum absolute atomic E-state index is 0.121. The fourth-order valence-electron chi connectivity index (χ4n) is 4.22. The third kappa shape index (κ3) is 5.57. The number of benzene rings is 2. The summed E-state index contributed by atoms with van der Waals surface area (Å²) in [6, 6.07) is 15.9. The van der Waals surface area contributed by atoms with Crippen molar-refractivity contribution >= 4 is 29.2 Å². The van der Waals surface area contributed by atoms with Gasteiger partial charge in [0.25, 0.3) is 5.91 Å². The average Bonchev–Trinajstić information content (AvgIpc) is 3.39. The van der Waals surface area contributed by atoms with Crippen molar-refractivity contribution in [3.05, 3.63) is 72.1 Å². The Morgan fingerprint density at radius 3 is 2.45 bits per heavy atom. The highest BCUT2D eigenvalue weighted by Crippen LogP contribution is 2.31. The first-order valence-electron chi connectivity index (χ1n) is 11.4. The van der Waals surface area contributed by atoms with Crippen LogP contribution in [0.2, 0.25) is 0 Å². The molecule has 3 aromatic rings. The van der Waals surface area contributed by atoms with E-state index in [-0.39, 0.29) is 23.6 Å². The smallest absolute Gasteiger partial charge is 0.280 e. The van der Waals surface area contributed by atoms with Gasteiger partial charge in [-0.15, -0.1) is 0 Å². The van der Waals surface area contributed by atoms with Crippen LogP contribution in [-0.2, 0) is 4.79 Å². The predicted molar refractivity (Wildman–Crippen MR) is 129 cm³/mol. The van der Waals surface area contributed by atoms with Crippen molar-refractivity contribution in [2.45, 2.75) is 51.1 Å². The van der Waals surface area contributed by atoms with E-state index in [9.17, 15) is 9.59 Å². The number of amides is 2. The third-order valence-electron chi connectivity index (χ3n) is 5.80. The number of nitrogens with zero attached hydrogens (tertiary/aromatic N) is 3. The second-order valence-corrected chi connectivity index (χ2v) is 8.61. The highest BCUT2D eigenvalue weighted by atomic mass is 32.1. The van der Waals surface area contributed by atoms with E-state index in [1.165, 1.54) is 17.5 Å². The van der Waals surface area contributed by atoms with Gasteiger partial charge in [-0.25, -0.2) is 0 Å². The topological polar surface area (TPSA) is 84.4 Å². The summed E-state index contributed by atoms with van der Waals surface area (Å²) in [6.07, 6.45) is 6.76. The third-order valence-corrected chi connectivity index (χ3v) is 6.28. The van der Waals surface area contributed by atoms with E-state index < -0.39 is 6.04 Å². The summed E-state index contributed by atoms with van der Waals surface area (Å²) < 4.78 is 13.7. The Morgan fingerprint density at radius 2 is 1.82 bits per heavy atom. The minimum Gasteiger partial charge on any atom is -0.494 e. The van der Waals surface area contributed by atoms with Crippen LogP contribution in [0.3, 0.4) is 0 Å². The molecule has 7 nitrogen and oxygen atoms in total. The van der Waals surface area contributed by atoms with Crippen molar-refractivity contribution in [1.29, 1.82) is 0 Å². The van der Waals surface area contributed by atoms with E-state index in [1.807, 2.05) is 37.3 Å². The molecule has 4 rings (SSSR count). The Kier molecular flexibility index (Phi) is 7.67. The zero-order chi connectivity index (χ0) is 23.0. The van der Waals surface area contributed by atoms with Gasteiger partial charge >= 0.3 is 0 Å². The van der Waals surface area contributed by atoms with Crippen molar-refractivity contribution in [3.63, 3.8) is 0 Å². The van der Waals surface area contributed by atoms with Crippen molar-refractivity contribution < 1.29 is 14.3 Å². The summed E-state index contributed by atoms with van der Waals surface area (Å²) in [6.45, 7) is 2.46. The first-order chi connectivity index (χ1) is 16.2. The molecular formula is C25H28N4O3S. The standard InChI is InChI=1S/C25H28N4O3S/c1-2-32-21-15-13-20(14-16-21)29(25(31)22-17-26-33-28-22)23(18-9-5-3-6-10-18)24(30)27-19-11-7-4-8-12-19/h3,5-6,9-10,13-17,19,23H,2,4,7-8,11-12H2,1H3,(H,27,30)/t23-/m0/s1. The van der Waals surface area contributed by atoms with Gasteiger partial charge in [-0.2, -0.15) is 8.75 Å². The van der Waals surface area contributed by atoms with Gasteiger partial charge in [0.1, 0.15) is 11.8 Å². The molecule has 0 aliphatic heterocycles. The van der Waals surface area contributed by atoms with Crippen LogP contribution in [0, 0.1) is 0 Å².